The topological polar surface area (TPSA) is 40.8 Å². The van der Waals surface area contributed by atoms with Crippen molar-refractivity contribution in [2.24, 2.45) is 7.05 Å². The summed E-state index contributed by atoms with van der Waals surface area (Å²) < 4.78 is 8.04. The minimum atomic E-state index is 0.647. The first kappa shape index (κ1) is 13.5. The molecule has 0 radical (unpaired) electrons. The molecule has 0 amide bonds. The molecule has 4 aromatic rings. The molecule has 4 rings (SSSR count). The Morgan fingerprint density at radius 1 is 1.04 bits per heavy atom. The van der Waals surface area contributed by atoms with Gasteiger partial charge in [0.1, 0.15) is 18.2 Å². The molecule has 2 aromatic carbocycles. The van der Waals surface area contributed by atoms with Crippen LogP contribution in [0.2, 0.25) is 0 Å². The summed E-state index contributed by atoms with van der Waals surface area (Å²) in [7, 11) is 2.03. The molecule has 0 unspecified atom stereocenters. The van der Waals surface area contributed by atoms with Gasteiger partial charge < -0.3 is 4.42 Å². The second-order valence-corrected chi connectivity index (χ2v) is 5.75. The molecule has 3 heteroatoms. The highest BCUT2D eigenvalue weighted by Gasteiger charge is 2.17. The number of benzene rings is 2. The minimum absolute atomic E-state index is 0.647. The Morgan fingerprint density at radius 2 is 1.91 bits per heavy atom. The molecule has 0 N–H and O–H groups in total. The fourth-order valence-electron chi connectivity index (χ4n) is 3.15. The molecule has 110 valence electrons. The largest absolute Gasteiger partial charge is 0.456 e. The van der Waals surface area contributed by atoms with Crippen LogP contribution < -0.4 is 4.57 Å². The van der Waals surface area contributed by atoms with Crippen LogP contribution in [0.25, 0.3) is 33.2 Å². The smallest absolute Gasteiger partial charge is 0.212 e. The van der Waals surface area contributed by atoms with Gasteiger partial charge in [-0.15, -0.1) is 0 Å². The van der Waals surface area contributed by atoms with E-state index in [1.54, 1.807) is 0 Å². The van der Waals surface area contributed by atoms with Gasteiger partial charge in [-0.25, -0.2) is 4.57 Å². The Balaban J connectivity index is 2.12. The van der Waals surface area contributed by atoms with Gasteiger partial charge in [-0.05, 0) is 42.8 Å². The average molecular weight is 299 g/mol. The van der Waals surface area contributed by atoms with Gasteiger partial charge in [0.25, 0.3) is 0 Å². The normalized spacial score (nSPS) is 11.0. The van der Waals surface area contributed by atoms with Gasteiger partial charge in [0, 0.05) is 28.5 Å². The third kappa shape index (κ3) is 2.00. The molecule has 0 spiro atoms. The number of hydrogen-bond donors (Lipinski definition) is 0. The molecule has 0 aliphatic rings. The van der Waals surface area contributed by atoms with Gasteiger partial charge in [-0.1, -0.05) is 6.07 Å². The summed E-state index contributed by atoms with van der Waals surface area (Å²) in [6.07, 6.45) is 2.03. The van der Waals surface area contributed by atoms with Gasteiger partial charge >= 0.3 is 0 Å². The quantitative estimate of drug-likeness (QED) is 0.493. The highest BCUT2D eigenvalue weighted by molar-refractivity contribution is 6.09. The molecule has 2 aromatic heterocycles. The van der Waals surface area contributed by atoms with Crippen LogP contribution in [0.15, 0.2) is 59.1 Å². The molecule has 0 aliphatic heterocycles. The maximum Gasteiger partial charge on any atom is 0.212 e. The van der Waals surface area contributed by atoms with E-state index in [9.17, 15) is 5.26 Å². The summed E-state index contributed by atoms with van der Waals surface area (Å²) in [6, 6.07) is 18.2. The zero-order valence-electron chi connectivity index (χ0n) is 13.0. The molecule has 3 nitrogen and oxygen atoms in total. The molecule has 0 bridgehead atoms. The third-order valence-corrected chi connectivity index (χ3v) is 4.29. The zero-order valence-corrected chi connectivity index (χ0v) is 13.0. The van der Waals surface area contributed by atoms with Crippen LogP contribution in [0, 0.1) is 18.3 Å². The maximum atomic E-state index is 9.40. The summed E-state index contributed by atoms with van der Waals surface area (Å²) in [5.74, 6) is 0. The third-order valence-electron chi connectivity index (χ3n) is 4.29. The molecule has 0 saturated carbocycles. The fraction of sp³-hybridized carbons (Fsp3) is 0.100. The van der Waals surface area contributed by atoms with Crippen molar-refractivity contribution < 1.29 is 8.98 Å². The van der Waals surface area contributed by atoms with Gasteiger partial charge in [0.2, 0.25) is 5.69 Å². The molecule has 0 atom stereocenters. The molecule has 0 saturated heterocycles. The van der Waals surface area contributed by atoms with E-state index in [0.29, 0.717) is 5.56 Å². The van der Waals surface area contributed by atoms with Crippen molar-refractivity contribution in [2.75, 3.05) is 0 Å². The number of rotatable bonds is 1. The summed E-state index contributed by atoms with van der Waals surface area (Å²) in [4.78, 5) is 0. The number of furan rings is 1. The Kier molecular flexibility index (Phi) is 2.92. The number of aromatic nitrogens is 1. The van der Waals surface area contributed by atoms with E-state index in [1.807, 2.05) is 43.6 Å². The van der Waals surface area contributed by atoms with E-state index in [1.165, 1.54) is 0 Å². The first-order valence-corrected chi connectivity index (χ1v) is 7.50. The average Bonchev–Trinajstić information content (AvgIpc) is 2.92. The number of pyridine rings is 1. The van der Waals surface area contributed by atoms with Crippen LogP contribution in [0.1, 0.15) is 11.1 Å². The van der Waals surface area contributed by atoms with Crippen molar-refractivity contribution in [1.82, 2.24) is 0 Å². The number of aryl methyl sites for hydroxylation is 2. The van der Waals surface area contributed by atoms with Crippen LogP contribution in [-0.2, 0) is 7.05 Å². The number of nitriles is 1. The van der Waals surface area contributed by atoms with Crippen LogP contribution in [0.5, 0.6) is 0 Å². The minimum Gasteiger partial charge on any atom is -0.456 e. The standard InChI is InChI=1S/C20H15N2O/c1-13-10-19-16(11-15(13)17-7-3-4-9-22(17)2)20-14(12-21)6-5-8-18(20)23-19/h3-11H,1-2H3/q+1. The summed E-state index contributed by atoms with van der Waals surface area (Å²) in [6.45, 7) is 2.08. The van der Waals surface area contributed by atoms with Crippen LogP contribution >= 0.6 is 0 Å². The first-order valence-electron chi connectivity index (χ1n) is 7.50. The van der Waals surface area contributed by atoms with Crippen molar-refractivity contribution in [3.8, 4) is 17.3 Å². The molecule has 0 aliphatic carbocycles. The Hall–Kier alpha value is -3.12. The molecular weight excluding hydrogens is 284 g/mol. The second kappa shape index (κ2) is 4.96. The number of nitrogens with zero attached hydrogens (tertiary/aromatic N) is 2. The van der Waals surface area contributed by atoms with Crippen molar-refractivity contribution in [3.63, 3.8) is 0 Å². The second-order valence-electron chi connectivity index (χ2n) is 5.75. The highest BCUT2D eigenvalue weighted by atomic mass is 16.3. The maximum absolute atomic E-state index is 9.40. The monoisotopic (exact) mass is 299 g/mol. The lowest BCUT2D eigenvalue weighted by molar-refractivity contribution is -0.660. The van der Waals surface area contributed by atoms with Gasteiger partial charge in [-0.3, -0.25) is 0 Å². The van der Waals surface area contributed by atoms with E-state index in [4.69, 9.17) is 4.42 Å². The first-order chi connectivity index (χ1) is 11.2. The van der Waals surface area contributed by atoms with Gasteiger partial charge in [0.05, 0.1) is 11.6 Å². The number of hydrogen-bond acceptors (Lipinski definition) is 2. The van der Waals surface area contributed by atoms with Crippen molar-refractivity contribution >= 4 is 21.9 Å². The predicted octanol–water partition coefficient (Wildman–Crippen LogP) is 4.26. The zero-order chi connectivity index (χ0) is 16.0. The lowest BCUT2D eigenvalue weighted by Gasteiger charge is -2.04. The molecule has 23 heavy (non-hydrogen) atoms. The molecule has 0 fully saturated rings. The van der Waals surface area contributed by atoms with Crippen molar-refractivity contribution in [3.05, 3.63) is 65.9 Å². The number of fused-ring (bicyclic) bond motifs is 3. The van der Waals surface area contributed by atoms with Crippen molar-refractivity contribution in [2.45, 2.75) is 6.92 Å². The molecular formula is C20H15N2O+. The summed E-state index contributed by atoms with van der Waals surface area (Å²) in [5, 5.41) is 11.3. The van der Waals surface area contributed by atoms with Gasteiger partial charge in [-0.2, -0.15) is 5.26 Å². The lowest BCUT2D eigenvalue weighted by atomic mass is 9.99. The molecule has 2 heterocycles. The Morgan fingerprint density at radius 3 is 2.70 bits per heavy atom. The lowest BCUT2D eigenvalue weighted by Crippen LogP contribution is -2.30. The van der Waals surface area contributed by atoms with Crippen molar-refractivity contribution in [1.29, 1.82) is 5.26 Å². The summed E-state index contributed by atoms with van der Waals surface area (Å²) >= 11 is 0. The SMILES string of the molecule is Cc1cc2oc3cccc(C#N)c3c2cc1-c1cccc[n+]1C. The Labute approximate surface area is 134 Å². The van der Waals surface area contributed by atoms with E-state index in [-0.39, 0.29) is 0 Å². The fourth-order valence-corrected chi connectivity index (χ4v) is 3.15. The van der Waals surface area contributed by atoms with Crippen LogP contribution in [0.3, 0.4) is 0 Å². The predicted molar refractivity (Wildman–Crippen MR) is 89.8 cm³/mol. The van der Waals surface area contributed by atoms with Crippen LogP contribution in [-0.4, -0.2) is 0 Å². The van der Waals surface area contributed by atoms with Crippen LogP contribution in [0.4, 0.5) is 0 Å². The van der Waals surface area contributed by atoms with Gasteiger partial charge in [0.15, 0.2) is 6.20 Å². The van der Waals surface area contributed by atoms with E-state index >= 15 is 0 Å². The Bertz CT molecular complexity index is 1100. The van der Waals surface area contributed by atoms with E-state index < -0.39 is 0 Å². The van der Waals surface area contributed by atoms with E-state index in [2.05, 4.69) is 35.8 Å². The highest BCUT2D eigenvalue weighted by Crippen LogP contribution is 2.35. The summed E-state index contributed by atoms with van der Waals surface area (Å²) in [5.41, 5.74) is 5.66. The van der Waals surface area contributed by atoms with E-state index in [0.717, 1.165) is 38.8 Å².